The van der Waals surface area contributed by atoms with Gasteiger partial charge < -0.3 is 4.57 Å². The predicted octanol–water partition coefficient (Wildman–Crippen LogP) is 3.58. The largest absolute Gasteiger partial charge is 0.350 e. The zero-order chi connectivity index (χ0) is 9.42. The highest BCUT2D eigenvalue weighted by Gasteiger charge is 2.03. The molecule has 0 saturated heterocycles. The Morgan fingerprint density at radius 3 is 2.92 bits per heavy atom. The Morgan fingerprint density at radius 1 is 1.46 bits per heavy atom. The second-order valence-electron chi connectivity index (χ2n) is 3.06. The van der Waals surface area contributed by atoms with E-state index in [-0.39, 0.29) is 0 Å². The van der Waals surface area contributed by atoms with Crippen LogP contribution in [0.3, 0.4) is 0 Å². The zero-order valence-corrected chi connectivity index (χ0v) is 9.01. The Hall–Kier alpha value is -1.02. The van der Waals surface area contributed by atoms with Crippen molar-refractivity contribution in [1.82, 2.24) is 4.57 Å². The summed E-state index contributed by atoms with van der Waals surface area (Å²) in [7, 11) is 2.04. The molecule has 1 aromatic carbocycles. The molecule has 0 aliphatic carbocycles. The fourth-order valence-electron chi connectivity index (χ4n) is 1.56. The van der Waals surface area contributed by atoms with E-state index in [9.17, 15) is 0 Å². The van der Waals surface area contributed by atoms with Crippen LogP contribution in [0.4, 0.5) is 0 Å². The highest BCUT2D eigenvalue weighted by molar-refractivity contribution is 9.10. The monoisotopic (exact) mass is 235 g/mol. The first-order valence-corrected chi connectivity index (χ1v) is 4.88. The molecule has 0 saturated carbocycles. The summed E-state index contributed by atoms with van der Waals surface area (Å²) in [5.41, 5.74) is 2.41. The molecule has 1 nitrogen and oxygen atoms in total. The maximum Gasteiger partial charge on any atom is 0.0484 e. The fourth-order valence-corrected chi connectivity index (χ4v) is 1.92. The number of halogens is 1. The van der Waals surface area contributed by atoms with Crippen LogP contribution in [-0.4, -0.2) is 4.57 Å². The van der Waals surface area contributed by atoms with E-state index in [2.05, 4.69) is 51.5 Å². The molecule has 0 amide bonds. The number of fused-ring (bicyclic) bond motifs is 1. The van der Waals surface area contributed by atoms with Crippen molar-refractivity contribution in [3.63, 3.8) is 0 Å². The highest BCUT2D eigenvalue weighted by atomic mass is 79.9. The van der Waals surface area contributed by atoms with E-state index in [4.69, 9.17) is 0 Å². The maximum absolute atomic E-state index is 3.80. The standard InChI is InChI=1S/C11H10BrN/c1-3-8-7-13(2)11-5-4-9(12)6-10(8)11/h3-7H,1H2,2H3. The molecular weight excluding hydrogens is 226 g/mol. The molecule has 13 heavy (non-hydrogen) atoms. The van der Waals surface area contributed by atoms with Gasteiger partial charge in [-0.2, -0.15) is 0 Å². The Morgan fingerprint density at radius 2 is 2.23 bits per heavy atom. The molecule has 0 N–H and O–H groups in total. The minimum Gasteiger partial charge on any atom is -0.350 e. The van der Waals surface area contributed by atoms with Crippen molar-refractivity contribution >= 4 is 32.9 Å². The summed E-state index contributed by atoms with van der Waals surface area (Å²) < 4.78 is 3.22. The third kappa shape index (κ3) is 1.31. The smallest absolute Gasteiger partial charge is 0.0484 e. The molecule has 2 heteroatoms. The minimum atomic E-state index is 1.11. The van der Waals surface area contributed by atoms with Crippen molar-refractivity contribution < 1.29 is 0 Å². The molecule has 0 fully saturated rings. The second kappa shape index (κ2) is 3.04. The van der Waals surface area contributed by atoms with E-state index in [0.717, 1.165) is 4.47 Å². The Labute approximate surface area is 85.8 Å². The van der Waals surface area contributed by atoms with Crippen LogP contribution < -0.4 is 0 Å². The number of benzene rings is 1. The molecule has 1 heterocycles. The van der Waals surface area contributed by atoms with Gasteiger partial charge >= 0.3 is 0 Å². The van der Waals surface area contributed by atoms with Gasteiger partial charge in [0.25, 0.3) is 0 Å². The fraction of sp³-hybridized carbons (Fsp3) is 0.0909. The molecule has 0 atom stereocenters. The number of hydrogen-bond donors (Lipinski definition) is 0. The molecular formula is C11H10BrN. The molecule has 1 aromatic heterocycles. The summed E-state index contributed by atoms with van der Waals surface area (Å²) in [5.74, 6) is 0. The number of rotatable bonds is 1. The van der Waals surface area contributed by atoms with Gasteiger partial charge in [-0.05, 0) is 23.8 Å². The van der Waals surface area contributed by atoms with Gasteiger partial charge in [0.2, 0.25) is 0 Å². The quantitative estimate of drug-likeness (QED) is 0.713. The number of hydrogen-bond acceptors (Lipinski definition) is 0. The lowest BCUT2D eigenvalue weighted by molar-refractivity contribution is 0.968. The molecule has 0 bridgehead atoms. The van der Waals surface area contributed by atoms with Gasteiger partial charge in [-0.15, -0.1) is 0 Å². The average molecular weight is 236 g/mol. The van der Waals surface area contributed by atoms with Crippen LogP contribution in [0.25, 0.3) is 17.0 Å². The van der Waals surface area contributed by atoms with Gasteiger partial charge in [-0.3, -0.25) is 0 Å². The summed E-state index contributed by atoms with van der Waals surface area (Å²) in [5, 5.41) is 1.24. The van der Waals surface area contributed by atoms with Crippen LogP contribution in [0.5, 0.6) is 0 Å². The van der Waals surface area contributed by atoms with Crippen molar-refractivity contribution in [2.75, 3.05) is 0 Å². The molecule has 0 unspecified atom stereocenters. The van der Waals surface area contributed by atoms with Crippen molar-refractivity contribution in [2.45, 2.75) is 0 Å². The van der Waals surface area contributed by atoms with E-state index in [1.54, 1.807) is 0 Å². The lowest BCUT2D eigenvalue weighted by atomic mass is 10.2. The summed E-state index contributed by atoms with van der Waals surface area (Å²) in [6.45, 7) is 3.80. The number of nitrogens with zero attached hydrogens (tertiary/aromatic N) is 1. The van der Waals surface area contributed by atoms with Gasteiger partial charge in [0.05, 0.1) is 0 Å². The van der Waals surface area contributed by atoms with Crippen molar-refractivity contribution in [3.05, 3.63) is 41.0 Å². The van der Waals surface area contributed by atoms with Crippen molar-refractivity contribution in [3.8, 4) is 0 Å². The normalized spacial score (nSPS) is 10.6. The maximum atomic E-state index is 3.80. The molecule has 0 aliphatic rings. The molecule has 0 radical (unpaired) electrons. The van der Waals surface area contributed by atoms with Gasteiger partial charge in [0.15, 0.2) is 0 Å². The number of aromatic nitrogens is 1. The molecule has 66 valence electrons. The Balaban J connectivity index is 2.89. The van der Waals surface area contributed by atoms with Gasteiger partial charge in [0.1, 0.15) is 0 Å². The molecule has 2 aromatic rings. The van der Waals surface area contributed by atoms with Crippen LogP contribution in [0.2, 0.25) is 0 Å². The molecule has 2 rings (SSSR count). The van der Waals surface area contributed by atoms with Crippen LogP contribution in [-0.2, 0) is 7.05 Å². The minimum absolute atomic E-state index is 1.11. The molecule has 0 aliphatic heterocycles. The number of aryl methyl sites for hydroxylation is 1. The van der Waals surface area contributed by atoms with Crippen LogP contribution in [0, 0.1) is 0 Å². The summed E-state index contributed by atoms with van der Waals surface area (Å²) in [6.07, 6.45) is 3.97. The predicted molar refractivity (Wildman–Crippen MR) is 60.7 cm³/mol. The zero-order valence-electron chi connectivity index (χ0n) is 7.42. The summed E-state index contributed by atoms with van der Waals surface area (Å²) >= 11 is 3.46. The SMILES string of the molecule is C=Cc1cn(C)c2ccc(Br)cc12. The van der Waals surface area contributed by atoms with E-state index in [1.807, 2.05) is 13.1 Å². The third-order valence-corrected chi connectivity index (χ3v) is 2.70. The summed E-state index contributed by atoms with van der Waals surface area (Å²) in [4.78, 5) is 0. The highest BCUT2D eigenvalue weighted by Crippen LogP contribution is 2.24. The summed E-state index contributed by atoms with van der Waals surface area (Å²) in [6, 6.07) is 6.27. The van der Waals surface area contributed by atoms with Gasteiger partial charge in [-0.1, -0.05) is 28.6 Å². The third-order valence-electron chi connectivity index (χ3n) is 2.20. The van der Waals surface area contributed by atoms with Crippen LogP contribution in [0.15, 0.2) is 35.4 Å². The van der Waals surface area contributed by atoms with Crippen LogP contribution >= 0.6 is 15.9 Å². The second-order valence-corrected chi connectivity index (χ2v) is 3.98. The first-order valence-electron chi connectivity index (χ1n) is 4.09. The van der Waals surface area contributed by atoms with E-state index in [0.29, 0.717) is 0 Å². The topological polar surface area (TPSA) is 4.93 Å². The first-order chi connectivity index (χ1) is 6.22. The van der Waals surface area contributed by atoms with Gasteiger partial charge in [-0.25, -0.2) is 0 Å². The first kappa shape index (κ1) is 8.57. The van der Waals surface area contributed by atoms with Crippen molar-refractivity contribution in [1.29, 1.82) is 0 Å². The Bertz CT molecular complexity index is 468. The lowest BCUT2D eigenvalue weighted by Crippen LogP contribution is -1.82. The Kier molecular flexibility index (Phi) is 2.00. The van der Waals surface area contributed by atoms with E-state index in [1.165, 1.54) is 16.5 Å². The van der Waals surface area contributed by atoms with Gasteiger partial charge in [0, 0.05) is 28.6 Å². The van der Waals surface area contributed by atoms with E-state index < -0.39 is 0 Å². The van der Waals surface area contributed by atoms with Crippen LogP contribution in [0.1, 0.15) is 5.56 Å². The average Bonchev–Trinajstić information content (AvgIpc) is 2.42. The lowest BCUT2D eigenvalue weighted by Gasteiger charge is -1.95. The van der Waals surface area contributed by atoms with Crippen molar-refractivity contribution in [2.24, 2.45) is 7.05 Å². The molecule has 0 spiro atoms. The van der Waals surface area contributed by atoms with E-state index >= 15 is 0 Å².